The van der Waals surface area contributed by atoms with Crippen LogP contribution in [0.4, 0.5) is 0 Å². The Morgan fingerprint density at radius 1 is 0.833 bits per heavy atom. The van der Waals surface area contributed by atoms with E-state index in [2.05, 4.69) is 67.3 Å². The maximum Gasteiger partial charge on any atom is 0.170 e. The summed E-state index contributed by atoms with van der Waals surface area (Å²) in [6, 6.07) is 26.5. The van der Waals surface area contributed by atoms with Gasteiger partial charge in [0.25, 0.3) is 0 Å². The average Bonchev–Trinajstić information content (AvgIpc) is 3.40. The molecule has 5 rings (SSSR count). The number of aromatic nitrogens is 3. The molecule has 1 N–H and O–H groups in total. The summed E-state index contributed by atoms with van der Waals surface area (Å²) < 4.78 is 2.22. The van der Waals surface area contributed by atoms with Crippen LogP contribution in [0.25, 0.3) is 5.69 Å². The van der Waals surface area contributed by atoms with Crippen LogP contribution >= 0.6 is 12.2 Å². The Labute approximate surface area is 181 Å². The second-order valence-electron chi connectivity index (χ2n) is 7.21. The van der Waals surface area contributed by atoms with Gasteiger partial charge in [0.2, 0.25) is 0 Å². The minimum absolute atomic E-state index is 0.0235. The maximum absolute atomic E-state index is 5.78. The third-order valence-corrected chi connectivity index (χ3v) is 5.73. The molecule has 0 spiro atoms. The Morgan fingerprint density at radius 2 is 1.60 bits per heavy atom. The van der Waals surface area contributed by atoms with Crippen LogP contribution in [-0.4, -0.2) is 24.5 Å². The maximum atomic E-state index is 5.78. The summed E-state index contributed by atoms with van der Waals surface area (Å²) >= 11 is 5.78. The predicted octanol–water partition coefficient (Wildman–Crippen LogP) is 4.44. The minimum Gasteiger partial charge on any atom is -0.352 e. The van der Waals surface area contributed by atoms with Crippen molar-refractivity contribution in [3.8, 4) is 5.69 Å². The van der Waals surface area contributed by atoms with Crippen molar-refractivity contribution in [3.63, 3.8) is 0 Å². The third kappa shape index (κ3) is 3.46. The summed E-state index contributed by atoms with van der Waals surface area (Å²) in [6.07, 6.45) is 5.75. The minimum atomic E-state index is -0.0558. The van der Waals surface area contributed by atoms with Gasteiger partial charge in [-0.1, -0.05) is 30.3 Å². The molecule has 1 aromatic carbocycles. The first kappa shape index (κ1) is 18.5. The molecule has 1 fully saturated rings. The smallest absolute Gasteiger partial charge is 0.170 e. The van der Waals surface area contributed by atoms with E-state index in [-0.39, 0.29) is 12.1 Å². The van der Waals surface area contributed by atoms with Crippen molar-refractivity contribution in [2.24, 2.45) is 0 Å². The van der Waals surface area contributed by atoms with Crippen LogP contribution in [-0.2, 0) is 6.54 Å². The third-order valence-electron chi connectivity index (χ3n) is 5.37. The van der Waals surface area contributed by atoms with Crippen molar-refractivity contribution in [1.82, 2.24) is 24.8 Å². The summed E-state index contributed by atoms with van der Waals surface area (Å²) in [5, 5.41) is 4.22. The predicted molar refractivity (Wildman–Crippen MR) is 121 cm³/mol. The summed E-state index contributed by atoms with van der Waals surface area (Å²) in [4.78, 5) is 11.4. The van der Waals surface area contributed by atoms with Crippen LogP contribution in [0.3, 0.4) is 0 Å². The Bertz CT molecular complexity index is 1130. The number of thiocarbonyl (C=S) groups is 1. The highest BCUT2D eigenvalue weighted by Gasteiger charge is 2.41. The molecule has 0 radical (unpaired) electrons. The molecular formula is C24H21N5S. The molecule has 3 aromatic heterocycles. The van der Waals surface area contributed by atoms with E-state index in [0.717, 1.165) is 22.8 Å². The van der Waals surface area contributed by atoms with Gasteiger partial charge in [-0.05, 0) is 60.7 Å². The van der Waals surface area contributed by atoms with Crippen LogP contribution in [0.15, 0.2) is 97.5 Å². The van der Waals surface area contributed by atoms with Gasteiger partial charge in [0.15, 0.2) is 5.11 Å². The van der Waals surface area contributed by atoms with Gasteiger partial charge in [-0.15, -0.1) is 0 Å². The first-order valence-electron chi connectivity index (χ1n) is 9.92. The van der Waals surface area contributed by atoms with E-state index in [0.29, 0.717) is 11.7 Å². The van der Waals surface area contributed by atoms with E-state index in [1.807, 2.05) is 54.9 Å². The number of nitrogens with zero attached hydrogens (tertiary/aromatic N) is 4. The molecule has 0 unspecified atom stereocenters. The number of benzene rings is 1. The molecule has 148 valence electrons. The SMILES string of the molecule is S=C1N[C@H](c2ccccn2)[C@@H](c2cccn2-c2ccccc2)N1Cc1ccccn1. The molecule has 1 aliphatic heterocycles. The van der Waals surface area contributed by atoms with E-state index < -0.39 is 0 Å². The molecule has 1 aliphatic rings. The lowest BCUT2D eigenvalue weighted by Gasteiger charge is -2.28. The van der Waals surface area contributed by atoms with E-state index in [1.165, 1.54) is 0 Å². The van der Waals surface area contributed by atoms with E-state index in [4.69, 9.17) is 12.2 Å². The van der Waals surface area contributed by atoms with Gasteiger partial charge < -0.3 is 14.8 Å². The van der Waals surface area contributed by atoms with E-state index >= 15 is 0 Å². The van der Waals surface area contributed by atoms with Crippen molar-refractivity contribution in [2.75, 3.05) is 0 Å². The summed E-state index contributed by atoms with van der Waals surface area (Å²) in [6.45, 7) is 0.626. The molecule has 4 aromatic rings. The number of hydrogen-bond acceptors (Lipinski definition) is 3. The number of para-hydroxylation sites is 1. The van der Waals surface area contributed by atoms with Crippen molar-refractivity contribution in [1.29, 1.82) is 0 Å². The van der Waals surface area contributed by atoms with Gasteiger partial charge >= 0.3 is 0 Å². The van der Waals surface area contributed by atoms with Gasteiger partial charge in [-0.2, -0.15) is 0 Å². The fraction of sp³-hybridized carbons (Fsp3) is 0.125. The molecule has 4 heterocycles. The quantitative estimate of drug-likeness (QED) is 0.492. The first-order valence-corrected chi connectivity index (χ1v) is 10.3. The lowest BCUT2D eigenvalue weighted by Crippen LogP contribution is -2.30. The van der Waals surface area contributed by atoms with Crippen molar-refractivity contribution < 1.29 is 0 Å². The highest BCUT2D eigenvalue weighted by atomic mass is 32.1. The van der Waals surface area contributed by atoms with E-state index in [9.17, 15) is 0 Å². The van der Waals surface area contributed by atoms with Crippen LogP contribution in [0.2, 0.25) is 0 Å². The topological polar surface area (TPSA) is 46.0 Å². The van der Waals surface area contributed by atoms with Crippen LogP contribution in [0, 0.1) is 0 Å². The largest absolute Gasteiger partial charge is 0.352 e. The zero-order valence-corrected chi connectivity index (χ0v) is 17.1. The monoisotopic (exact) mass is 411 g/mol. The second-order valence-corrected chi connectivity index (χ2v) is 7.60. The zero-order valence-electron chi connectivity index (χ0n) is 16.3. The number of rotatable bonds is 5. The van der Waals surface area contributed by atoms with Gasteiger partial charge in [0.05, 0.1) is 30.0 Å². The lowest BCUT2D eigenvalue weighted by molar-refractivity contribution is 0.299. The average molecular weight is 412 g/mol. The van der Waals surface area contributed by atoms with Crippen LogP contribution < -0.4 is 5.32 Å². The number of nitrogens with one attached hydrogen (secondary N) is 1. The highest BCUT2D eigenvalue weighted by molar-refractivity contribution is 7.80. The molecule has 1 saturated heterocycles. The Kier molecular flexibility index (Phi) is 4.99. The van der Waals surface area contributed by atoms with Gasteiger partial charge in [-0.25, -0.2) is 0 Å². The summed E-state index contributed by atoms with van der Waals surface area (Å²) in [7, 11) is 0. The molecular weight excluding hydrogens is 390 g/mol. The molecule has 0 saturated carbocycles. The molecule has 0 amide bonds. The Morgan fingerprint density at radius 3 is 2.33 bits per heavy atom. The van der Waals surface area contributed by atoms with Gasteiger partial charge in [0, 0.05) is 30.0 Å². The molecule has 6 heteroatoms. The normalized spacial score (nSPS) is 18.4. The summed E-state index contributed by atoms with van der Waals surface area (Å²) in [5.74, 6) is 0. The zero-order chi connectivity index (χ0) is 20.3. The molecule has 0 bridgehead atoms. The molecule has 2 atom stereocenters. The van der Waals surface area contributed by atoms with Crippen molar-refractivity contribution >= 4 is 17.3 Å². The van der Waals surface area contributed by atoms with Gasteiger partial charge in [-0.3, -0.25) is 9.97 Å². The lowest BCUT2D eigenvalue weighted by atomic mass is 10.0. The van der Waals surface area contributed by atoms with Crippen LogP contribution in [0.5, 0.6) is 0 Å². The molecule has 30 heavy (non-hydrogen) atoms. The van der Waals surface area contributed by atoms with Crippen molar-refractivity contribution in [2.45, 2.75) is 18.6 Å². The fourth-order valence-electron chi connectivity index (χ4n) is 4.02. The highest BCUT2D eigenvalue weighted by Crippen LogP contribution is 2.40. The van der Waals surface area contributed by atoms with Crippen LogP contribution in [0.1, 0.15) is 29.2 Å². The van der Waals surface area contributed by atoms with E-state index in [1.54, 1.807) is 0 Å². The number of hydrogen-bond donors (Lipinski definition) is 1. The fourth-order valence-corrected chi connectivity index (χ4v) is 4.33. The Hall–Kier alpha value is -3.51. The molecule has 5 nitrogen and oxygen atoms in total. The number of pyridine rings is 2. The standard InChI is InChI=1S/C24H21N5S/c30-24-27-22(20-12-5-7-15-26-20)23(29(24)17-18-9-4-6-14-25-18)21-13-8-16-28(21)19-10-2-1-3-11-19/h1-16,22-23H,17H2,(H,27,30)/t22-,23-/m1/s1. The second kappa shape index (κ2) is 8.08. The summed E-state index contributed by atoms with van der Waals surface area (Å²) in [5.41, 5.74) is 4.22. The van der Waals surface area contributed by atoms with Crippen molar-refractivity contribution in [3.05, 3.63) is 115 Å². The first-order chi connectivity index (χ1) is 14.8. The Balaban J connectivity index is 1.60. The molecule has 0 aliphatic carbocycles. The van der Waals surface area contributed by atoms with Gasteiger partial charge in [0.1, 0.15) is 0 Å².